The molecule has 0 radical (unpaired) electrons. The van der Waals surface area contributed by atoms with Crippen LogP contribution < -0.4 is 14.4 Å². The van der Waals surface area contributed by atoms with Gasteiger partial charge >= 0.3 is 18.1 Å². The van der Waals surface area contributed by atoms with E-state index in [4.69, 9.17) is 30.3 Å². The zero-order valence-corrected chi connectivity index (χ0v) is 23.5. The van der Waals surface area contributed by atoms with Crippen LogP contribution in [0.1, 0.15) is 31.2 Å². The van der Waals surface area contributed by atoms with E-state index in [0.29, 0.717) is 42.6 Å². The number of ether oxygens (including phenoxy) is 3. The molecule has 2 N–H and O–H groups in total. The van der Waals surface area contributed by atoms with Crippen LogP contribution in [0.4, 0.5) is 10.6 Å². The smallest absolute Gasteiger partial charge is 0.415 e. The molecule has 16 heteroatoms. The van der Waals surface area contributed by atoms with Gasteiger partial charge in [-0.3, -0.25) is 4.90 Å². The molecule has 4 heterocycles. The number of nitriles is 1. The zero-order valence-electron chi connectivity index (χ0n) is 22.7. The van der Waals surface area contributed by atoms with Crippen LogP contribution in [0.2, 0.25) is 5.02 Å². The Hall–Kier alpha value is -4.91. The van der Waals surface area contributed by atoms with Gasteiger partial charge in [-0.1, -0.05) is 16.8 Å². The van der Waals surface area contributed by atoms with Crippen molar-refractivity contribution in [3.63, 3.8) is 0 Å². The average Bonchev–Trinajstić information content (AvgIpc) is 3.46. The Kier molecular flexibility index (Phi) is 9.20. The van der Waals surface area contributed by atoms with Gasteiger partial charge in [-0.25, -0.2) is 24.7 Å². The highest BCUT2D eigenvalue weighted by Crippen LogP contribution is 2.32. The van der Waals surface area contributed by atoms with Crippen molar-refractivity contribution in [2.24, 2.45) is 0 Å². The number of hydrogen-bond acceptors (Lipinski definition) is 14. The molecule has 1 amide bonds. The number of nitrogens with zero attached hydrogens (tertiary/aromatic N) is 8. The molecule has 0 spiro atoms. The van der Waals surface area contributed by atoms with E-state index < -0.39 is 19.0 Å². The third-order valence-electron chi connectivity index (χ3n) is 6.61. The minimum atomic E-state index is -1.82. The minimum absolute atomic E-state index is 0.0424. The van der Waals surface area contributed by atoms with Gasteiger partial charge in [0.05, 0.1) is 18.9 Å². The Labute approximate surface area is 249 Å². The third-order valence-corrected chi connectivity index (χ3v) is 6.88. The molecule has 1 fully saturated rings. The van der Waals surface area contributed by atoms with Gasteiger partial charge in [-0.2, -0.15) is 10.2 Å². The minimum Gasteiger partial charge on any atom is -0.467 e. The first-order chi connectivity index (χ1) is 20.9. The van der Waals surface area contributed by atoms with Crippen LogP contribution >= 0.6 is 11.6 Å². The Morgan fingerprint density at radius 1 is 1.12 bits per heavy atom. The summed E-state index contributed by atoms with van der Waals surface area (Å²) in [5.74, 6) is 0.305. The largest absolute Gasteiger partial charge is 0.467 e. The lowest BCUT2D eigenvalue weighted by Crippen LogP contribution is -2.45. The van der Waals surface area contributed by atoms with Gasteiger partial charge in [0.2, 0.25) is 0 Å². The van der Waals surface area contributed by atoms with Crippen LogP contribution in [-0.2, 0) is 4.74 Å². The predicted octanol–water partition coefficient (Wildman–Crippen LogP) is 3.16. The third kappa shape index (κ3) is 6.95. The highest BCUT2D eigenvalue weighted by molar-refractivity contribution is 6.32. The summed E-state index contributed by atoms with van der Waals surface area (Å²) in [7, 11) is 1.47. The lowest BCUT2D eigenvalue weighted by molar-refractivity contribution is -0.0770. The molecular weight excluding hydrogens is 584 g/mol. The number of methoxy groups -OCH3 is 1. The fourth-order valence-corrected chi connectivity index (χ4v) is 4.75. The highest BCUT2D eigenvalue weighted by Gasteiger charge is 2.33. The first-order valence-electron chi connectivity index (χ1n) is 13.0. The molecule has 0 aliphatic heterocycles. The quantitative estimate of drug-likeness (QED) is 0.262. The zero-order chi connectivity index (χ0) is 30.3. The number of hydrogen-bond donors (Lipinski definition) is 2. The van der Waals surface area contributed by atoms with Crippen molar-refractivity contribution in [1.82, 2.24) is 30.1 Å². The molecule has 0 atom stereocenters. The van der Waals surface area contributed by atoms with Crippen molar-refractivity contribution in [3.8, 4) is 40.6 Å². The average molecular weight is 609 g/mol. The van der Waals surface area contributed by atoms with E-state index in [1.807, 2.05) is 6.07 Å². The Bertz CT molecular complexity index is 1600. The van der Waals surface area contributed by atoms with E-state index in [-0.39, 0.29) is 46.1 Å². The second-order valence-corrected chi connectivity index (χ2v) is 9.78. The molecule has 1 saturated carbocycles. The summed E-state index contributed by atoms with van der Waals surface area (Å²) in [5.41, 5.74) is 1.92. The van der Waals surface area contributed by atoms with Crippen LogP contribution in [0.15, 0.2) is 47.7 Å². The van der Waals surface area contributed by atoms with Gasteiger partial charge in [-0.15, -0.1) is 0 Å². The number of aliphatic hydroxyl groups excluding tert-OH is 1. The number of pyridine rings is 1. The monoisotopic (exact) mass is 608 g/mol. The standard InChI is InChI=1S/C27H25ClN8O7/c1-40-25-31-11-17(12-32-25)15-6-7-30-21(8-15)36(27(39)41-14-22(37)38)18-2-4-19(5-3-18)43-26-33-10-16(9-29)23(34-26)24-20(28)13-42-35-24/h6-8,10-13,18-19,22,37-38H,2-5,14H2,1H3. The maximum absolute atomic E-state index is 13.2. The van der Waals surface area contributed by atoms with Gasteiger partial charge in [-0.05, 0) is 43.4 Å². The Morgan fingerprint density at radius 2 is 1.86 bits per heavy atom. The maximum Gasteiger partial charge on any atom is 0.415 e. The van der Waals surface area contributed by atoms with E-state index in [2.05, 4.69) is 30.1 Å². The first kappa shape index (κ1) is 29.6. The fourth-order valence-electron chi connectivity index (χ4n) is 4.58. The molecule has 1 aliphatic rings. The van der Waals surface area contributed by atoms with Crippen molar-refractivity contribution in [3.05, 3.63) is 53.8 Å². The maximum atomic E-state index is 13.2. The summed E-state index contributed by atoms with van der Waals surface area (Å²) in [6, 6.07) is 5.37. The van der Waals surface area contributed by atoms with Crippen LogP contribution in [0.5, 0.6) is 12.0 Å². The lowest BCUT2D eigenvalue weighted by Gasteiger charge is -2.35. The van der Waals surface area contributed by atoms with E-state index in [9.17, 15) is 20.3 Å². The van der Waals surface area contributed by atoms with Gasteiger partial charge in [0.25, 0.3) is 0 Å². The van der Waals surface area contributed by atoms with Crippen LogP contribution in [0.3, 0.4) is 0 Å². The number of aliphatic hydroxyl groups is 2. The van der Waals surface area contributed by atoms with Crippen molar-refractivity contribution in [2.45, 2.75) is 44.1 Å². The molecule has 0 unspecified atom stereocenters. The summed E-state index contributed by atoms with van der Waals surface area (Å²) < 4.78 is 21.1. The molecule has 4 aromatic rings. The van der Waals surface area contributed by atoms with Crippen molar-refractivity contribution in [1.29, 1.82) is 5.26 Å². The number of anilines is 1. The lowest BCUT2D eigenvalue weighted by atomic mass is 9.92. The predicted molar refractivity (Wildman–Crippen MR) is 148 cm³/mol. The van der Waals surface area contributed by atoms with Gasteiger partial charge < -0.3 is 28.9 Å². The second kappa shape index (κ2) is 13.4. The van der Waals surface area contributed by atoms with Crippen molar-refractivity contribution in [2.75, 3.05) is 18.6 Å². The molecule has 4 aromatic heterocycles. The molecular formula is C27H25ClN8O7. The van der Waals surface area contributed by atoms with Crippen molar-refractivity contribution < 1.29 is 33.7 Å². The number of amides is 1. The number of aromatic nitrogens is 6. The molecule has 0 bridgehead atoms. The van der Waals surface area contributed by atoms with Gasteiger partial charge in [0.15, 0.2) is 12.0 Å². The summed E-state index contributed by atoms with van der Waals surface area (Å²) in [4.78, 5) is 35.7. The normalized spacial score (nSPS) is 16.4. The summed E-state index contributed by atoms with van der Waals surface area (Å²) in [5, 5.41) is 32.0. The van der Waals surface area contributed by atoms with Crippen LogP contribution in [-0.4, -0.2) is 78.5 Å². The summed E-state index contributed by atoms with van der Waals surface area (Å²) >= 11 is 6.11. The molecule has 5 rings (SSSR count). The SMILES string of the molecule is COc1ncc(-c2ccnc(N(C(=O)OCC(O)O)C3CCC(Oc4ncc(C#N)c(-c5nocc5Cl)n4)CC3)c2)cn1. The van der Waals surface area contributed by atoms with E-state index >= 15 is 0 Å². The van der Waals surface area contributed by atoms with Gasteiger partial charge in [0.1, 0.15) is 41.6 Å². The highest BCUT2D eigenvalue weighted by atomic mass is 35.5. The molecule has 222 valence electrons. The van der Waals surface area contributed by atoms with Crippen molar-refractivity contribution >= 4 is 23.5 Å². The van der Waals surface area contributed by atoms with E-state index in [1.165, 1.54) is 24.5 Å². The Balaban J connectivity index is 1.32. The van der Waals surface area contributed by atoms with E-state index in [1.54, 1.807) is 30.7 Å². The number of rotatable bonds is 9. The second-order valence-electron chi connectivity index (χ2n) is 9.37. The molecule has 15 nitrogen and oxygen atoms in total. The Morgan fingerprint density at radius 3 is 2.51 bits per heavy atom. The topological polar surface area (TPSA) is 203 Å². The molecule has 0 saturated heterocycles. The fraction of sp³-hybridized carbons (Fsp3) is 0.333. The number of carbonyl (C=O) groups is 1. The van der Waals surface area contributed by atoms with Crippen LogP contribution in [0.25, 0.3) is 22.5 Å². The summed E-state index contributed by atoms with van der Waals surface area (Å²) in [6.07, 6.45) is 6.42. The summed E-state index contributed by atoms with van der Waals surface area (Å²) in [6.45, 7) is -0.603. The molecule has 0 aromatic carbocycles. The molecule has 43 heavy (non-hydrogen) atoms. The number of carbonyl (C=O) groups excluding carboxylic acids is 1. The molecule has 1 aliphatic carbocycles. The van der Waals surface area contributed by atoms with Crippen LogP contribution in [0, 0.1) is 11.3 Å². The van der Waals surface area contributed by atoms with Gasteiger partial charge in [0, 0.05) is 30.2 Å². The first-order valence-corrected chi connectivity index (χ1v) is 13.4. The number of halogens is 1. The van der Waals surface area contributed by atoms with E-state index in [0.717, 1.165) is 0 Å².